The van der Waals surface area contributed by atoms with Crippen LogP contribution in [0.3, 0.4) is 0 Å². The van der Waals surface area contributed by atoms with Gasteiger partial charge in [0.15, 0.2) is 0 Å². The number of hydrogen-bond donors (Lipinski definition) is 0. The van der Waals surface area contributed by atoms with E-state index in [1.54, 1.807) is 0 Å². The molecule has 0 aliphatic carbocycles. The summed E-state index contributed by atoms with van der Waals surface area (Å²) >= 11 is 6.06. The van der Waals surface area contributed by atoms with Crippen LogP contribution in [0.2, 0.25) is 0 Å². The van der Waals surface area contributed by atoms with Crippen LogP contribution in [-0.2, 0) is 0 Å². The minimum atomic E-state index is 0.837. The summed E-state index contributed by atoms with van der Waals surface area (Å²) in [5, 5.41) is 3.88. The molecule has 0 radical (unpaired) electrons. The highest BCUT2D eigenvalue weighted by Crippen LogP contribution is 2.40. The maximum Gasteiger partial charge on any atom is 0.0219 e. The quantitative estimate of drug-likeness (QED) is 0.752. The third-order valence-electron chi connectivity index (χ3n) is 2.40. The highest BCUT2D eigenvalue weighted by atomic mass is 32.2. The molecule has 0 spiro atoms. The van der Waals surface area contributed by atoms with Gasteiger partial charge in [-0.2, -0.15) is 11.8 Å². The van der Waals surface area contributed by atoms with Gasteiger partial charge in [-0.15, -0.1) is 23.1 Å². The van der Waals surface area contributed by atoms with Gasteiger partial charge in [0.25, 0.3) is 0 Å². The van der Waals surface area contributed by atoms with Crippen molar-refractivity contribution in [2.24, 2.45) is 0 Å². The zero-order valence-electron chi connectivity index (χ0n) is 7.95. The lowest BCUT2D eigenvalue weighted by Gasteiger charge is -2.13. The van der Waals surface area contributed by atoms with Crippen molar-refractivity contribution in [2.75, 3.05) is 5.75 Å². The first-order valence-corrected chi connectivity index (χ1v) is 7.40. The lowest BCUT2D eigenvalue weighted by Crippen LogP contribution is -2.08. The summed E-state index contributed by atoms with van der Waals surface area (Å²) in [5.74, 6) is 1.35. The number of thiophene rings is 1. The maximum absolute atomic E-state index is 2.36. The molecule has 0 unspecified atom stereocenters. The van der Waals surface area contributed by atoms with Crippen molar-refractivity contribution in [1.29, 1.82) is 0 Å². The summed E-state index contributed by atoms with van der Waals surface area (Å²) in [6.07, 6.45) is 1.38. The van der Waals surface area contributed by atoms with Gasteiger partial charge in [-0.1, -0.05) is 6.92 Å². The monoisotopic (exact) mass is 230 g/mol. The molecule has 3 heteroatoms. The van der Waals surface area contributed by atoms with Crippen molar-refractivity contribution < 1.29 is 0 Å². The summed E-state index contributed by atoms with van der Waals surface area (Å²) in [4.78, 5) is 2.98. The van der Waals surface area contributed by atoms with Crippen molar-refractivity contribution in [2.45, 2.75) is 35.7 Å². The molecule has 1 aromatic heterocycles. The summed E-state index contributed by atoms with van der Waals surface area (Å²) in [7, 11) is 0. The van der Waals surface area contributed by atoms with Gasteiger partial charge in [0.2, 0.25) is 0 Å². The van der Waals surface area contributed by atoms with E-state index in [1.807, 2.05) is 11.3 Å². The Kier molecular flexibility index (Phi) is 3.27. The fourth-order valence-electron chi connectivity index (χ4n) is 1.53. The second kappa shape index (κ2) is 4.28. The minimum Gasteiger partial charge on any atom is -0.158 e. The fraction of sp³-hybridized carbons (Fsp3) is 0.600. The molecule has 1 fully saturated rings. The van der Waals surface area contributed by atoms with Gasteiger partial charge < -0.3 is 0 Å². The summed E-state index contributed by atoms with van der Waals surface area (Å²) in [5.41, 5.74) is 0. The Morgan fingerprint density at radius 1 is 1.54 bits per heavy atom. The van der Waals surface area contributed by atoms with E-state index in [2.05, 4.69) is 48.8 Å². The normalized spacial score (nSPS) is 28.2. The van der Waals surface area contributed by atoms with Crippen molar-refractivity contribution in [3.8, 4) is 0 Å². The molecule has 2 heterocycles. The molecule has 0 N–H and O–H groups in total. The number of aryl methyl sites for hydroxylation is 1. The Labute approximate surface area is 92.5 Å². The molecule has 2 rings (SSSR count). The van der Waals surface area contributed by atoms with Crippen molar-refractivity contribution in [3.63, 3.8) is 0 Å². The van der Waals surface area contributed by atoms with Crippen molar-refractivity contribution >= 4 is 34.9 Å². The van der Waals surface area contributed by atoms with Crippen LogP contribution >= 0.6 is 34.9 Å². The Morgan fingerprint density at radius 2 is 2.38 bits per heavy atom. The average Bonchev–Trinajstić information content (AvgIpc) is 2.65. The van der Waals surface area contributed by atoms with E-state index in [0.29, 0.717) is 0 Å². The van der Waals surface area contributed by atoms with Gasteiger partial charge in [-0.3, -0.25) is 0 Å². The van der Waals surface area contributed by atoms with Crippen LogP contribution < -0.4 is 0 Å². The van der Waals surface area contributed by atoms with Gasteiger partial charge in [0, 0.05) is 20.3 Å². The Morgan fingerprint density at radius 3 is 2.92 bits per heavy atom. The topological polar surface area (TPSA) is 0 Å². The Bertz CT molecular complexity index is 279. The molecule has 0 amide bonds. The van der Waals surface area contributed by atoms with Crippen LogP contribution in [0, 0.1) is 6.92 Å². The van der Waals surface area contributed by atoms with Gasteiger partial charge in [-0.25, -0.2) is 0 Å². The van der Waals surface area contributed by atoms with Crippen LogP contribution in [0.4, 0.5) is 0 Å². The van der Waals surface area contributed by atoms with Crippen molar-refractivity contribution in [3.05, 3.63) is 16.3 Å². The number of hydrogen-bond acceptors (Lipinski definition) is 3. The molecular weight excluding hydrogens is 216 g/mol. The molecule has 13 heavy (non-hydrogen) atoms. The van der Waals surface area contributed by atoms with Crippen LogP contribution in [0.1, 0.15) is 18.2 Å². The zero-order chi connectivity index (χ0) is 9.26. The average molecular weight is 230 g/mol. The first-order valence-electron chi connectivity index (χ1n) is 4.59. The summed E-state index contributed by atoms with van der Waals surface area (Å²) in [6, 6.07) is 2.26. The first-order chi connectivity index (χ1) is 6.27. The summed E-state index contributed by atoms with van der Waals surface area (Å²) in [6.45, 7) is 4.58. The highest BCUT2D eigenvalue weighted by molar-refractivity contribution is 8.04. The van der Waals surface area contributed by atoms with Crippen LogP contribution in [0.5, 0.6) is 0 Å². The predicted molar refractivity (Wildman–Crippen MR) is 65.2 cm³/mol. The Hall–Kier alpha value is 0.400. The molecule has 72 valence electrons. The van der Waals surface area contributed by atoms with E-state index in [4.69, 9.17) is 0 Å². The Balaban J connectivity index is 2.01. The minimum absolute atomic E-state index is 0.837. The van der Waals surface area contributed by atoms with Crippen LogP contribution in [0.15, 0.2) is 16.3 Å². The maximum atomic E-state index is 2.36. The molecule has 0 bridgehead atoms. The fourth-order valence-corrected chi connectivity index (χ4v) is 5.22. The standard InChI is InChI=1S/C10H14S3/c1-7-9(3-5-11-7)13-10-4-6-12-8(10)2/h3,5,8,10H,4,6H2,1-2H3/t8-,10-/m0/s1. The highest BCUT2D eigenvalue weighted by Gasteiger charge is 2.25. The lowest BCUT2D eigenvalue weighted by molar-refractivity contribution is 0.858. The number of rotatable bonds is 2. The second-order valence-electron chi connectivity index (χ2n) is 3.36. The van der Waals surface area contributed by atoms with E-state index in [1.165, 1.54) is 21.9 Å². The SMILES string of the molecule is Cc1sccc1S[C@H]1CCS[C@H]1C. The summed E-state index contributed by atoms with van der Waals surface area (Å²) < 4.78 is 0. The van der Waals surface area contributed by atoms with Gasteiger partial charge >= 0.3 is 0 Å². The first kappa shape index (κ1) is 9.94. The predicted octanol–water partition coefficient (Wildman–Crippen LogP) is 4.04. The van der Waals surface area contributed by atoms with E-state index >= 15 is 0 Å². The number of thioether (sulfide) groups is 2. The van der Waals surface area contributed by atoms with Gasteiger partial charge in [0.05, 0.1) is 0 Å². The van der Waals surface area contributed by atoms with Gasteiger partial charge in [0.1, 0.15) is 0 Å². The second-order valence-corrected chi connectivity index (χ2v) is 7.25. The molecule has 1 aliphatic rings. The molecule has 0 nitrogen and oxygen atoms in total. The molecule has 1 saturated heterocycles. The largest absolute Gasteiger partial charge is 0.158 e. The van der Waals surface area contributed by atoms with Crippen LogP contribution in [-0.4, -0.2) is 16.3 Å². The van der Waals surface area contributed by atoms with E-state index in [9.17, 15) is 0 Å². The zero-order valence-corrected chi connectivity index (χ0v) is 10.4. The molecule has 0 saturated carbocycles. The van der Waals surface area contributed by atoms with Crippen molar-refractivity contribution in [1.82, 2.24) is 0 Å². The van der Waals surface area contributed by atoms with E-state index in [-0.39, 0.29) is 0 Å². The lowest BCUT2D eigenvalue weighted by atomic mass is 10.3. The molecular formula is C10H14S3. The third-order valence-corrected chi connectivity index (χ3v) is 6.51. The molecule has 2 atom stereocenters. The third kappa shape index (κ3) is 2.25. The smallest absolute Gasteiger partial charge is 0.0219 e. The van der Waals surface area contributed by atoms with Gasteiger partial charge in [-0.05, 0) is 30.5 Å². The van der Waals surface area contributed by atoms with Crippen LogP contribution in [0.25, 0.3) is 0 Å². The molecule has 0 aromatic carbocycles. The molecule has 1 aliphatic heterocycles. The van der Waals surface area contributed by atoms with E-state index < -0.39 is 0 Å². The van der Waals surface area contributed by atoms with E-state index in [0.717, 1.165) is 10.5 Å². The molecule has 1 aromatic rings.